The van der Waals surface area contributed by atoms with E-state index >= 15 is 0 Å². The average Bonchev–Trinajstić information content (AvgIpc) is 2.09. The number of methoxy groups -OCH3 is 1. The fourth-order valence-electron chi connectivity index (χ4n) is 0.916. The molecule has 0 aliphatic carbocycles. The van der Waals surface area contributed by atoms with Crippen LogP contribution in [-0.4, -0.2) is 12.1 Å². The van der Waals surface area contributed by atoms with E-state index in [-0.39, 0.29) is 0 Å². The monoisotopic (exact) mass is 162 g/mol. The maximum atomic E-state index is 8.57. The Morgan fingerprint density at radius 3 is 2.92 bits per heavy atom. The fraction of sp³-hybridized carbons (Fsp3) is 0.333. The van der Waals surface area contributed by atoms with Gasteiger partial charge in [0.1, 0.15) is 11.8 Å². The van der Waals surface area contributed by atoms with Crippen molar-refractivity contribution in [3.8, 4) is 6.07 Å². The van der Waals surface area contributed by atoms with Gasteiger partial charge in [-0.1, -0.05) is 6.07 Å². The molecule has 1 heterocycles. The number of hydrogen-bond acceptors (Lipinski definition) is 3. The Kier molecular flexibility index (Phi) is 2.78. The minimum absolute atomic E-state index is 0.438. The van der Waals surface area contributed by atoms with Crippen LogP contribution in [0.25, 0.3) is 0 Å². The highest BCUT2D eigenvalue weighted by Gasteiger charge is 2.00. The van der Waals surface area contributed by atoms with Crippen LogP contribution < -0.4 is 0 Å². The van der Waals surface area contributed by atoms with Gasteiger partial charge in [0.25, 0.3) is 0 Å². The van der Waals surface area contributed by atoms with E-state index in [1.165, 1.54) is 0 Å². The number of nitrogens with zero attached hydrogens (tertiary/aromatic N) is 2. The van der Waals surface area contributed by atoms with Crippen LogP contribution in [0.15, 0.2) is 12.1 Å². The molecule has 0 unspecified atom stereocenters. The Bertz CT molecular complexity index is 315. The summed E-state index contributed by atoms with van der Waals surface area (Å²) < 4.78 is 4.94. The van der Waals surface area contributed by atoms with Crippen molar-refractivity contribution in [1.82, 2.24) is 4.98 Å². The van der Waals surface area contributed by atoms with Gasteiger partial charge >= 0.3 is 0 Å². The van der Waals surface area contributed by atoms with E-state index in [4.69, 9.17) is 10.00 Å². The summed E-state index contributed by atoms with van der Waals surface area (Å²) in [5.41, 5.74) is 2.32. The van der Waals surface area contributed by atoms with Crippen molar-refractivity contribution < 1.29 is 4.74 Å². The van der Waals surface area contributed by atoms with E-state index in [1.807, 2.05) is 19.1 Å². The molecular formula is C9H10N2O. The van der Waals surface area contributed by atoms with Crippen molar-refractivity contribution in [3.05, 3.63) is 29.1 Å². The lowest BCUT2D eigenvalue weighted by Gasteiger charge is -2.02. The van der Waals surface area contributed by atoms with Crippen LogP contribution in [0, 0.1) is 18.3 Å². The van der Waals surface area contributed by atoms with Gasteiger partial charge in [0.15, 0.2) is 0 Å². The first-order valence-corrected chi connectivity index (χ1v) is 3.63. The largest absolute Gasteiger partial charge is 0.378 e. The molecule has 0 saturated heterocycles. The number of aryl methyl sites for hydroxylation is 1. The molecule has 62 valence electrons. The first kappa shape index (κ1) is 8.69. The maximum Gasteiger partial charge on any atom is 0.140 e. The quantitative estimate of drug-likeness (QED) is 0.660. The second-order valence-corrected chi connectivity index (χ2v) is 2.50. The average molecular weight is 162 g/mol. The minimum atomic E-state index is 0.438. The lowest BCUT2D eigenvalue weighted by molar-refractivity contribution is 0.181. The molecule has 0 fully saturated rings. The molecule has 0 spiro atoms. The van der Waals surface area contributed by atoms with Crippen LogP contribution >= 0.6 is 0 Å². The highest BCUT2D eigenvalue weighted by atomic mass is 16.5. The topological polar surface area (TPSA) is 45.9 Å². The lowest BCUT2D eigenvalue weighted by atomic mass is 10.2. The van der Waals surface area contributed by atoms with Gasteiger partial charge < -0.3 is 4.74 Å². The summed E-state index contributed by atoms with van der Waals surface area (Å²) >= 11 is 0. The van der Waals surface area contributed by atoms with E-state index in [2.05, 4.69) is 4.98 Å². The van der Waals surface area contributed by atoms with Crippen molar-refractivity contribution in [3.63, 3.8) is 0 Å². The van der Waals surface area contributed by atoms with E-state index in [1.54, 1.807) is 13.2 Å². The third-order valence-corrected chi connectivity index (χ3v) is 1.60. The summed E-state index contributed by atoms with van der Waals surface area (Å²) in [5, 5.41) is 8.57. The number of aromatic nitrogens is 1. The van der Waals surface area contributed by atoms with Crippen LogP contribution in [-0.2, 0) is 11.3 Å². The van der Waals surface area contributed by atoms with Gasteiger partial charge in [-0.2, -0.15) is 5.26 Å². The summed E-state index contributed by atoms with van der Waals surface area (Å²) in [7, 11) is 1.61. The zero-order valence-electron chi connectivity index (χ0n) is 7.16. The van der Waals surface area contributed by atoms with Crippen molar-refractivity contribution in [2.24, 2.45) is 0 Å². The lowest BCUT2D eigenvalue weighted by Crippen LogP contribution is -1.97. The molecule has 0 aliphatic heterocycles. The van der Waals surface area contributed by atoms with Gasteiger partial charge in [-0.25, -0.2) is 4.98 Å². The van der Waals surface area contributed by atoms with E-state index in [0.717, 1.165) is 11.3 Å². The Balaban J connectivity index is 3.01. The number of nitriles is 1. The normalized spacial score (nSPS) is 9.42. The van der Waals surface area contributed by atoms with Gasteiger partial charge in [-0.05, 0) is 18.6 Å². The van der Waals surface area contributed by atoms with Gasteiger partial charge in [0.05, 0.1) is 12.3 Å². The summed E-state index contributed by atoms with van der Waals surface area (Å²) in [6.07, 6.45) is 0. The fourth-order valence-corrected chi connectivity index (χ4v) is 0.916. The van der Waals surface area contributed by atoms with Crippen LogP contribution in [0.5, 0.6) is 0 Å². The zero-order valence-corrected chi connectivity index (χ0v) is 7.16. The van der Waals surface area contributed by atoms with Crippen LogP contribution in [0.2, 0.25) is 0 Å². The molecule has 1 aromatic heterocycles. The maximum absolute atomic E-state index is 8.57. The van der Waals surface area contributed by atoms with Crippen LogP contribution in [0.1, 0.15) is 17.0 Å². The predicted molar refractivity (Wildman–Crippen MR) is 44.4 cm³/mol. The third kappa shape index (κ3) is 1.80. The molecule has 3 nitrogen and oxygen atoms in total. The SMILES string of the molecule is COCc1nc(C#N)ccc1C. The Morgan fingerprint density at radius 1 is 1.58 bits per heavy atom. The first-order chi connectivity index (χ1) is 5.77. The highest BCUT2D eigenvalue weighted by molar-refractivity contribution is 5.27. The molecule has 0 N–H and O–H groups in total. The molecule has 0 amide bonds. The Morgan fingerprint density at radius 2 is 2.33 bits per heavy atom. The first-order valence-electron chi connectivity index (χ1n) is 3.63. The van der Waals surface area contributed by atoms with E-state index < -0.39 is 0 Å². The van der Waals surface area contributed by atoms with Crippen molar-refractivity contribution in [2.75, 3.05) is 7.11 Å². The number of pyridine rings is 1. The molecule has 0 saturated carbocycles. The van der Waals surface area contributed by atoms with Crippen molar-refractivity contribution in [1.29, 1.82) is 5.26 Å². The van der Waals surface area contributed by atoms with E-state index in [0.29, 0.717) is 12.3 Å². The summed E-state index contributed by atoms with van der Waals surface area (Å²) in [4.78, 5) is 4.09. The summed E-state index contributed by atoms with van der Waals surface area (Å²) in [6, 6.07) is 5.56. The molecule has 0 aromatic carbocycles. The van der Waals surface area contributed by atoms with Crippen LogP contribution in [0.3, 0.4) is 0 Å². The molecule has 0 atom stereocenters. The van der Waals surface area contributed by atoms with Gasteiger partial charge in [-0.3, -0.25) is 0 Å². The molecule has 0 aliphatic rings. The zero-order chi connectivity index (χ0) is 8.97. The highest BCUT2D eigenvalue weighted by Crippen LogP contribution is 2.06. The second-order valence-electron chi connectivity index (χ2n) is 2.50. The smallest absolute Gasteiger partial charge is 0.140 e. The van der Waals surface area contributed by atoms with Crippen molar-refractivity contribution in [2.45, 2.75) is 13.5 Å². The van der Waals surface area contributed by atoms with Gasteiger partial charge in [0, 0.05) is 7.11 Å². The minimum Gasteiger partial charge on any atom is -0.378 e. The molecule has 0 radical (unpaired) electrons. The number of rotatable bonds is 2. The standard InChI is InChI=1S/C9H10N2O/c1-7-3-4-8(5-10)11-9(7)6-12-2/h3-4H,6H2,1-2H3. The van der Waals surface area contributed by atoms with Crippen molar-refractivity contribution >= 4 is 0 Å². The molecule has 12 heavy (non-hydrogen) atoms. The molecule has 1 rings (SSSR count). The predicted octanol–water partition coefficient (Wildman–Crippen LogP) is 1.41. The van der Waals surface area contributed by atoms with Gasteiger partial charge in [0.2, 0.25) is 0 Å². The van der Waals surface area contributed by atoms with Crippen LogP contribution in [0.4, 0.5) is 0 Å². The molecule has 0 bridgehead atoms. The number of ether oxygens (including phenoxy) is 1. The summed E-state index contributed by atoms with van der Waals surface area (Å²) in [6.45, 7) is 2.41. The molecule has 1 aromatic rings. The summed E-state index contributed by atoms with van der Waals surface area (Å²) in [5.74, 6) is 0. The van der Waals surface area contributed by atoms with E-state index in [9.17, 15) is 0 Å². The third-order valence-electron chi connectivity index (χ3n) is 1.60. The Hall–Kier alpha value is -1.40. The number of hydrogen-bond donors (Lipinski definition) is 0. The Labute approximate surface area is 71.6 Å². The second kappa shape index (κ2) is 3.84. The molecule has 3 heteroatoms. The molecular weight excluding hydrogens is 152 g/mol. The van der Waals surface area contributed by atoms with Gasteiger partial charge in [-0.15, -0.1) is 0 Å².